The van der Waals surface area contributed by atoms with Gasteiger partial charge in [0.05, 0.1) is 6.20 Å². The molecule has 1 saturated carbocycles. The Morgan fingerprint density at radius 1 is 1.09 bits per heavy atom. The number of nitrogens with one attached hydrogen (secondary N) is 2. The highest BCUT2D eigenvalue weighted by molar-refractivity contribution is 5.69. The Bertz CT molecular complexity index is 1220. The zero-order valence-corrected chi connectivity index (χ0v) is 18.4. The smallest absolute Gasteiger partial charge is 0.387 e. The molecule has 178 valence electrons. The second-order valence-electron chi connectivity index (χ2n) is 8.87. The van der Waals surface area contributed by atoms with E-state index in [4.69, 9.17) is 0 Å². The SMILES string of the molecule is O=c1[nH]cc(-c2ccc(OC(F)F)cc2)cc1Nc1nc(N2CCC3(CCC3)CC2)ncc1F. The molecule has 0 bridgehead atoms. The second kappa shape index (κ2) is 9.00. The van der Waals surface area contributed by atoms with Crippen LogP contribution in [0.2, 0.25) is 0 Å². The van der Waals surface area contributed by atoms with Gasteiger partial charge in [-0.1, -0.05) is 18.6 Å². The average molecular weight is 471 g/mol. The molecule has 0 amide bonds. The number of ether oxygens (including phenoxy) is 1. The Morgan fingerprint density at radius 2 is 1.82 bits per heavy atom. The predicted molar refractivity (Wildman–Crippen MR) is 122 cm³/mol. The molecular formula is C24H24F3N5O2. The maximum Gasteiger partial charge on any atom is 0.387 e. The van der Waals surface area contributed by atoms with Crippen LogP contribution >= 0.6 is 0 Å². The first-order valence-electron chi connectivity index (χ1n) is 11.2. The van der Waals surface area contributed by atoms with Crippen molar-refractivity contribution in [3.8, 4) is 16.9 Å². The molecule has 0 atom stereocenters. The predicted octanol–water partition coefficient (Wildman–Crippen LogP) is 5.09. The Kier molecular flexibility index (Phi) is 5.89. The van der Waals surface area contributed by atoms with Crippen LogP contribution in [0.5, 0.6) is 5.75 Å². The lowest BCUT2D eigenvalue weighted by Crippen LogP contribution is -2.44. The highest BCUT2D eigenvalue weighted by atomic mass is 19.3. The van der Waals surface area contributed by atoms with E-state index in [-0.39, 0.29) is 17.3 Å². The number of H-pyrrole nitrogens is 1. The van der Waals surface area contributed by atoms with Crippen LogP contribution in [0.25, 0.3) is 11.1 Å². The first-order chi connectivity index (χ1) is 16.4. The van der Waals surface area contributed by atoms with Crippen molar-refractivity contribution in [2.45, 2.75) is 38.7 Å². The first kappa shape index (κ1) is 22.2. The van der Waals surface area contributed by atoms with Crippen molar-refractivity contribution in [3.63, 3.8) is 0 Å². The fourth-order valence-electron chi connectivity index (χ4n) is 4.66. The number of anilines is 3. The Hall–Kier alpha value is -3.56. The van der Waals surface area contributed by atoms with Gasteiger partial charge in [0, 0.05) is 24.8 Å². The van der Waals surface area contributed by atoms with Gasteiger partial charge in [0.1, 0.15) is 11.4 Å². The molecule has 1 aliphatic carbocycles. The van der Waals surface area contributed by atoms with Crippen LogP contribution in [0.4, 0.5) is 30.6 Å². The standard InChI is InChI=1S/C24H24F3N5O2/c25-18-14-29-23(32-10-8-24(9-11-32)6-1-7-24)31-20(18)30-19-12-16(13-28-21(19)33)15-2-4-17(5-3-15)34-22(26)27/h2-5,12-14,22H,1,6-11H2,(H,28,33)(H,29,30,31). The van der Waals surface area contributed by atoms with Gasteiger partial charge in [-0.15, -0.1) is 0 Å². The van der Waals surface area contributed by atoms with Gasteiger partial charge in [0.2, 0.25) is 5.95 Å². The van der Waals surface area contributed by atoms with Gasteiger partial charge in [-0.25, -0.2) is 9.37 Å². The third-order valence-corrected chi connectivity index (χ3v) is 6.82. The average Bonchev–Trinajstić information content (AvgIpc) is 2.81. The van der Waals surface area contributed by atoms with E-state index in [0.717, 1.165) is 32.1 Å². The maximum atomic E-state index is 14.5. The summed E-state index contributed by atoms with van der Waals surface area (Å²) >= 11 is 0. The number of rotatable bonds is 6. The second-order valence-corrected chi connectivity index (χ2v) is 8.87. The third-order valence-electron chi connectivity index (χ3n) is 6.82. The topological polar surface area (TPSA) is 83.1 Å². The number of halogens is 3. The summed E-state index contributed by atoms with van der Waals surface area (Å²) in [6.07, 6.45) is 8.61. The van der Waals surface area contributed by atoms with Crippen molar-refractivity contribution in [2.75, 3.05) is 23.3 Å². The molecule has 0 unspecified atom stereocenters. The Labute approximate surface area is 194 Å². The number of hydrogen-bond acceptors (Lipinski definition) is 6. The van der Waals surface area contributed by atoms with Crippen LogP contribution in [-0.2, 0) is 0 Å². The molecule has 3 heterocycles. The van der Waals surface area contributed by atoms with E-state index in [0.29, 0.717) is 22.5 Å². The minimum Gasteiger partial charge on any atom is -0.435 e. The number of aromatic amines is 1. The summed E-state index contributed by atoms with van der Waals surface area (Å²) in [6, 6.07) is 7.53. The van der Waals surface area contributed by atoms with Crippen LogP contribution in [-0.4, -0.2) is 34.7 Å². The summed E-state index contributed by atoms with van der Waals surface area (Å²) in [5.41, 5.74) is 1.37. The van der Waals surface area contributed by atoms with Gasteiger partial charge < -0.3 is 19.9 Å². The lowest BCUT2D eigenvalue weighted by Gasteiger charge is -2.48. The maximum absolute atomic E-state index is 14.5. The third kappa shape index (κ3) is 4.57. The van der Waals surface area contributed by atoms with E-state index >= 15 is 0 Å². The number of nitrogens with zero attached hydrogens (tertiary/aromatic N) is 3. The molecule has 2 aliphatic rings. The molecule has 5 rings (SSSR count). The number of piperidine rings is 1. The van der Waals surface area contributed by atoms with E-state index < -0.39 is 18.0 Å². The van der Waals surface area contributed by atoms with E-state index in [1.54, 1.807) is 18.2 Å². The van der Waals surface area contributed by atoms with Crippen LogP contribution in [0, 0.1) is 11.2 Å². The van der Waals surface area contributed by atoms with Gasteiger partial charge >= 0.3 is 6.61 Å². The molecule has 10 heteroatoms. The molecule has 2 fully saturated rings. The Balaban J connectivity index is 1.35. The van der Waals surface area contributed by atoms with Gasteiger partial charge in [-0.3, -0.25) is 4.79 Å². The van der Waals surface area contributed by atoms with Crippen LogP contribution in [0.15, 0.2) is 47.5 Å². The summed E-state index contributed by atoms with van der Waals surface area (Å²) in [6.45, 7) is -1.26. The van der Waals surface area contributed by atoms with Crippen molar-refractivity contribution in [1.29, 1.82) is 0 Å². The molecule has 1 aliphatic heterocycles. The van der Waals surface area contributed by atoms with Crippen LogP contribution in [0.3, 0.4) is 0 Å². The highest BCUT2D eigenvalue weighted by Gasteiger charge is 2.40. The molecule has 0 radical (unpaired) electrons. The van der Waals surface area contributed by atoms with Crippen LogP contribution < -0.4 is 20.5 Å². The minimum atomic E-state index is -2.91. The Morgan fingerprint density at radius 3 is 2.47 bits per heavy atom. The lowest BCUT2D eigenvalue weighted by molar-refractivity contribution is -0.0498. The summed E-state index contributed by atoms with van der Waals surface area (Å²) in [4.78, 5) is 25.6. The fraction of sp³-hybridized carbons (Fsp3) is 0.375. The normalized spacial score (nSPS) is 17.0. The molecule has 2 N–H and O–H groups in total. The molecule has 1 spiro atoms. The quantitative estimate of drug-likeness (QED) is 0.521. The highest BCUT2D eigenvalue weighted by Crippen LogP contribution is 2.49. The molecule has 7 nitrogen and oxygen atoms in total. The molecule has 1 saturated heterocycles. The summed E-state index contributed by atoms with van der Waals surface area (Å²) in [5, 5.41) is 2.79. The van der Waals surface area contributed by atoms with Gasteiger partial charge in [0.15, 0.2) is 11.6 Å². The summed E-state index contributed by atoms with van der Waals surface area (Å²) < 4.78 is 43.6. The van der Waals surface area contributed by atoms with E-state index in [1.807, 2.05) is 0 Å². The number of aromatic nitrogens is 3. The molecule has 34 heavy (non-hydrogen) atoms. The van der Waals surface area contributed by atoms with Gasteiger partial charge in [-0.2, -0.15) is 13.8 Å². The van der Waals surface area contributed by atoms with Crippen molar-refractivity contribution in [2.24, 2.45) is 5.41 Å². The van der Waals surface area contributed by atoms with Crippen molar-refractivity contribution < 1.29 is 17.9 Å². The number of benzene rings is 1. The monoisotopic (exact) mass is 471 g/mol. The number of alkyl halides is 2. The zero-order chi connectivity index (χ0) is 23.7. The summed E-state index contributed by atoms with van der Waals surface area (Å²) in [5.74, 6) is -0.301. The number of hydrogen-bond donors (Lipinski definition) is 2. The molecule has 3 aromatic rings. The van der Waals surface area contributed by atoms with E-state index in [9.17, 15) is 18.0 Å². The summed E-state index contributed by atoms with van der Waals surface area (Å²) in [7, 11) is 0. The molecule has 2 aromatic heterocycles. The number of pyridine rings is 1. The van der Waals surface area contributed by atoms with Crippen molar-refractivity contribution in [3.05, 3.63) is 58.9 Å². The van der Waals surface area contributed by atoms with E-state index in [1.165, 1.54) is 37.6 Å². The largest absolute Gasteiger partial charge is 0.435 e. The molecule has 1 aromatic carbocycles. The van der Waals surface area contributed by atoms with Gasteiger partial charge in [0.25, 0.3) is 5.56 Å². The zero-order valence-electron chi connectivity index (χ0n) is 18.4. The minimum absolute atomic E-state index is 0.0260. The first-order valence-corrected chi connectivity index (χ1v) is 11.2. The van der Waals surface area contributed by atoms with Crippen molar-refractivity contribution in [1.82, 2.24) is 15.0 Å². The fourth-order valence-corrected chi connectivity index (χ4v) is 4.66. The molecular weight excluding hydrogens is 447 g/mol. The van der Waals surface area contributed by atoms with E-state index in [2.05, 4.69) is 29.9 Å². The lowest BCUT2D eigenvalue weighted by atomic mass is 9.63. The van der Waals surface area contributed by atoms with Gasteiger partial charge in [-0.05, 0) is 54.9 Å². The van der Waals surface area contributed by atoms with Crippen molar-refractivity contribution >= 4 is 17.5 Å². The van der Waals surface area contributed by atoms with Crippen LogP contribution in [0.1, 0.15) is 32.1 Å².